The number of carbonyl (C=O) groups is 1. The van der Waals surface area contributed by atoms with Crippen LogP contribution in [0.15, 0.2) is 30.3 Å². The molecule has 4 aliphatic rings. The van der Waals surface area contributed by atoms with E-state index in [1.807, 2.05) is 11.3 Å². The summed E-state index contributed by atoms with van der Waals surface area (Å²) < 4.78 is 0. The van der Waals surface area contributed by atoms with E-state index >= 15 is 0 Å². The predicted octanol–water partition coefficient (Wildman–Crippen LogP) is 1.58. The topological polar surface area (TPSA) is 49.8 Å². The highest BCUT2D eigenvalue weighted by Gasteiger charge is 2.56. The molecule has 1 amide bonds. The molecule has 1 spiro atoms. The van der Waals surface area contributed by atoms with Crippen LogP contribution in [0.2, 0.25) is 0 Å². The van der Waals surface area contributed by atoms with Gasteiger partial charge in [-0.25, -0.2) is 4.98 Å². The molecule has 190 valence electrons. The number of aryl methyl sites for hydroxylation is 2. The highest BCUT2D eigenvalue weighted by molar-refractivity contribution is 7.11. The Hall–Kier alpha value is -1.43. The van der Waals surface area contributed by atoms with Crippen molar-refractivity contribution in [1.82, 2.24) is 9.88 Å². The zero-order valence-corrected chi connectivity index (χ0v) is 22.6. The second-order valence-electron chi connectivity index (χ2n) is 11.4. The number of piperidine rings is 1. The smallest absolute Gasteiger partial charge is 0.232 e. The average Bonchev–Trinajstić information content (AvgIpc) is 3.48. The third-order valence-corrected chi connectivity index (χ3v) is 10.8. The van der Waals surface area contributed by atoms with Crippen molar-refractivity contribution in [1.29, 1.82) is 0 Å². The molecule has 2 aliphatic heterocycles. The van der Waals surface area contributed by atoms with E-state index < -0.39 is 0 Å². The first-order valence-corrected chi connectivity index (χ1v) is 14.6. The van der Waals surface area contributed by atoms with Crippen molar-refractivity contribution < 1.29 is 22.5 Å². The van der Waals surface area contributed by atoms with Crippen molar-refractivity contribution in [3.63, 3.8) is 0 Å². The van der Waals surface area contributed by atoms with Gasteiger partial charge in [0.25, 0.3) is 0 Å². The lowest BCUT2D eigenvalue weighted by atomic mass is 9.68. The Morgan fingerprint density at radius 3 is 2.71 bits per heavy atom. The van der Waals surface area contributed by atoms with Crippen LogP contribution in [0, 0.1) is 18.8 Å². The lowest BCUT2D eigenvalue weighted by Gasteiger charge is -2.47. The van der Waals surface area contributed by atoms with Gasteiger partial charge in [0.05, 0.1) is 29.2 Å². The van der Waals surface area contributed by atoms with Gasteiger partial charge in [0.1, 0.15) is 5.92 Å². The van der Waals surface area contributed by atoms with E-state index in [2.05, 4.69) is 47.5 Å². The summed E-state index contributed by atoms with van der Waals surface area (Å²) in [4.78, 5) is 23.2. The van der Waals surface area contributed by atoms with Gasteiger partial charge >= 0.3 is 0 Å². The molecule has 3 heterocycles. The third-order valence-electron chi connectivity index (χ3n) is 9.56. The minimum Gasteiger partial charge on any atom is -1.00 e. The van der Waals surface area contributed by atoms with Gasteiger partial charge < -0.3 is 22.6 Å². The fourth-order valence-corrected chi connectivity index (χ4v) is 9.17. The van der Waals surface area contributed by atoms with Gasteiger partial charge in [-0.3, -0.25) is 4.79 Å². The number of benzene rings is 1. The van der Waals surface area contributed by atoms with Crippen molar-refractivity contribution in [2.24, 2.45) is 11.8 Å². The summed E-state index contributed by atoms with van der Waals surface area (Å²) in [5, 5.41) is 3.60. The summed E-state index contributed by atoms with van der Waals surface area (Å²) in [6.45, 7) is 5.08. The molecule has 2 N–H and O–H groups in total. The van der Waals surface area contributed by atoms with Gasteiger partial charge in [-0.2, -0.15) is 0 Å². The molecule has 1 aromatic heterocycles. The molecule has 4 atom stereocenters. The van der Waals surface area contributed by atoms with Crippen molar-refractivity contribution in [2.45, 2.75) is 88.5 Å². The Morgan fingerprint density at radius 2 is 1.91 bits per heavy atom. The molecular weight excluding hydrogens is 474 g/mol. The first-order chi connectivity index (χ1) is 16.7. The first-order valence-electron chi connectivity index (χ1n) is 13.8. The van der Waals surface area contributed by atoms with Crippen LogP contribution in [0.5, 0.6) is 0 Å². The molecule has 2 saturated heterocycles. The maximum absolute atomic E-state index is 14.5. The SMILES string of the molecule is Cc1nc2c(s1)[C@]1(CCC2)C[NH2+]C[C@H]1C(=O)N1CC[C@@H](c2ccccc2)C[C@H]1C1CCCCC1.[Cl-]. The summed E-state index contributed by atoms with van der Waals surface area (Å²) in [7, 11) is 0. The van der Waals surface area contributed by atoms with Gasteiger partial charge in [-0.1, -0.05) is 49.6 Å². The van der Waals surface area contributed by atoms with Crippen molar-refractivity contribution in [3.8, 4) is 0 Å². The van der Waals surface area contributed by atoms with Crippen LogP contribution in [-0.4, -0.2) is 41.5 Å². The molecular formula is C29H40ClN3OS. The number of amides is 1. The largest absolute Gasteiger partial charge is 1.00 e. The molecule has 1 aromatic carbocycles. The fraction of sp³-hybridized carbons (Fsp3) is 0.655. The van der Waals surface area contributed by atoms with Gasteiger partial charge in [-0.05, 0) is 69.3 Å². The molecule has 2 aliphatic carbocycles. The number of aromatic nitrogens is 1. The van der Waals surface area contributed by atoms with Crippen LogP contribution in [0.1, 0.15) is 84.8 Å². The van der Waals surface area contributed by atoms with E-state index in [-0.39, 0.29) is 23.7 Å². The number of quaternary nitrogens is 1. The molecule has 6 rings (SSSR count). The predicted molar refractivity (Wildman–Crippen MR) is 137 cm³/mol. The van der Waals surface area contributed by atoms with E-state index in [4.69, 9.17) is 4.98 Å². The van der Waals surface area contributed by atoms with Crippen LogP contribution in [0.4, 0.5) is 0 Å². The Morgan fingerprint density at radius 1 is 1.11 bits per heavy atom. The van der Waals surface area contributed by atoms with Crippen LogP contribution in [0.3, 0.4) is 0 Å². The highest BCUT2D eigenvalue weighted by Crippen LogP contribution is 2.48. The molecule has 4 nitrogen and oxygen atoms in total. The number of hydrogen-bond donors (Lipinski definition) is 1. The molecule has 35 heavy (non-hydrogen) atoms. The number of likely N-dealkylation sites (tertiary alicyclic amines) is 1. The molecule has 0 radical (unpaired) electrons. The first kappa shape index (κ1) is 25.2. The number of halogens is 1. The van der Waals surface area contributed by atoms with Crippen molar-refractivity contribution in [3.05, 3.63) is 51.5 Å². The second-order valence-corrected chi connectivity index (χ2v) is 12.6. The Labute approximate surface area is 220 Å². The standard InChI is InChI=1S/C29H39N3OS.ClH/c1-20-31-25-13-8-15-29(27(25)34-20)19-30-18-24(29)28(33)32-16-14-23(21-9-4-2-5-10-21)17-26(32)22-11-6-3-7-12-22;/h2,4-5,9-10,22-24,26,30H,3,6-8,11-19H2,1H3;1H/t23-,24+,26+,29-;/m1./s1. The number of fused-ring (bicyclic) bond motifs is 2. The maximum atomic E-state index is 14.5. The maximum Gasteiger partial charge on any atom is 0.232 e. The molecule has 3 fully saturated rings. The zero-order valence-electron chi connectivity index (χ0n) is 21.1. The molecule has 0 bridgehead atoms. The quantitative estimate of drug-likeness (QED) is 0.677. The van der Waals surface area contributed by atoms with Crippen LogP contribution < -0.4 is 17.7 Å². The van der Waals surface area contributed by atoms with Gasteiger partial charge in [0, 0.05) is 17.5 Å². The summed E-state index contributed by atoms with van der Waals surface area (Å²) in [5.74, 6) is 1.85. The van der Waals surface area contributed by atoms with E-state index in [1.54, 1.807) is 0 Å². The number of rotatable bonds is 3. The highest BCUT2D eigenvalue weighted by atomic mass is 35.5. The van der Waals surface area contributed by atoms with Crippen molar-refractivity contribution >= 4 is 17.2 Å². The van der Waals surface area contributed by atoms with Crippen LogP contribution in [-0.2, 0) is 16.6 Å². The Kier molecular flexibility index (Phi) is 7.58. The second kappa shape index (κ2) is 10.5. The lowest BCUT2D eigenvalue weighted by Crippen LogP contribution is -3.00. The molecule has 2 aromatic rings. The molecule has 6 heteroatoms. The van der Waals surface area contributed by atoms with Crippen LogP contribution >= 0.6 is 11.3 Å². The van der Waals surface area contributed by atoms with Gasteiger partial charge in [0.2, 0.25) is 5.91 Å². The number of thiazole rings is 1. The summed E-state index contributed by atoms with van der Waals surface area (Å²) in [5.41, 5.74) is 2.79. The number of nitrogens with two attached hydrogens (primary N) is 1. The minimum absolute atomic E-state index is 0. The summed E-state index contributed by atoms with van der Waals surface area (Å²) in [6.07, 6.45) is 12.3. The van der Waals surface area contributed by atoms with E-state index in [1.165, 1.54) is 59.7 Å². The van der Waals surface area contributed by atoms with E-state index in [0.717, 1.165) is 45.3 Å². The third kappa shape index (κ3) is 4.57. The van der Waals surface area contributed by atoms with E-state index in [9.17, 15) is 4.79 Å². The van der Waals surface area contributed by atoms with Gasteiger partial charge in [0.15, 0.2) is 0 Å². The molecule has 0 unspecified atom stereocenters. The lowest BCUT2D eigenvalue weighted by molar-refractivity contribution is -0.640. The van der Waals surface area contributed by atoms with Crippen molar-refractivity contribution in [2.75, 3.05) is 19.6 Å². The van der Waals surface area contributed by atoms with E-state index in [0.29, 0.717) is 23.8 Å². The number of hydrogen-bond acceptors (Lipinski definition) is 3. The average molecular weight is 514 g/mol. The summed E-state index contributed by atoms with van der Waals surface area (Å²) >= 11 is 1.88. The zero-order chi connectivity index (χ0) is 23.1. The number of carbonyl (C=O) groups excluding carboxylic acids is 1. The minimum atomic E-state index is 0. The Bertz CT molecular complexity index is 1020. The van der Waals surface area contributed by atoms with Crippen LogP contribution in [0.25, 0.3) is 0 Å². The number of nitrogens with zero attached hydrogens (tertiary/aromatic N) is 2. The Balaban J connectivity index is 0.00000253. The summed E-state index contributed by atoms with van der Waals surface area (Å²) in [6, 6.07) is 11.5. The monoisotopic (exact) mass is 513 g/mol. The fourth-order valence-electron chi connectivity index (χ4n) is 7.92. The normalized spacial score (nSPS) is 31.2. The molecule has 1 saturated carbocycles. The van der Waals surface area contributed by atoms with Gasteiger partial charge in [-0.15, -0.1) is 11.3 Å².